The lowest BCUT2D eigenvalue weighted by molar-refractivity contribution is 0.261. The molecule has 2 aromatic rings. The molecular formula is C16H21N3O. The Labute approximate surface area is 119 Å². The van der Waals surface area contributed by atoms with Gasteiger partial charge in [-0.2, -0.15) is 4.98 Å². The van der Waals surface area contributed by atoms with Crippen LogP contribution in [-0.4, -0.2) is 10.1 Å². The SMILES string of the molecule is CCC(C)(N)c1nc(C2(c3ccccc3)CCC2)no1. The van der Waals surface area contributed by atoms with Crippen LogP contribution in [0.15, 0.2) is 34.9 Å². The van der Waals surface area contributed by atoms with Crippen molar-refractivity contribution in [2.75, 3.05) is 0 Å². The van der Waals surface area contributed by atoms with Crippen molar-refractivity contribution in [2.24, 2.45) is 5.73 Å². The van der Waals surface area contributed by atoms with Crippen molar-refractivity contribution in [3.63, 3.8) is 0 Å². The molecule has 2 N–H and O–H groups in total. The summed E-state index contributed by atoms with van der Waals surface area (Å²) in [6, 6.07) is 10.5. The van der Waals surface area contributed by atoms with E-state index in [1.54, 1.807) is 0 Å². The molecule has 0 radical (unpaired) electrons. The van der Waals surface area contributed by atoms with Gasteiger partial charge >= 0.3 is 0 Å². The molecule has 1 atom stereocenters. The van der Waals surface area contributed by atoms with Crippen LogP contribution in [0.25, 0.3) is 0 Å². The molecule has 3 rings (SSSR count). The first kappa shape index (κ1) is 13.3. The highest BCUT2D eigenvalue weighted by Crippen LogP contribution is 2.47. The molecule has 0 spiro atoms. The monoisotopic (exact) mass is 271 g/mol. The summed E-state index contributed by atoms with van der Waals surface area (Å²) in [5.74, 6) is 1.33. The van der Waals surface area contributed by atoms with E-state index in [-0.39, 0.29) is 5.41 Å². The van der Waals surface area contributed by atoms with E-state index in [1.807, 2.05) is 19.9 Å². The number of hydrogen-bond acceptors (Lipinski definition) is 4. The highest BCUT2D eigenvalue weighted by Gasteiger charge is 2.45. The molecule has 1 fully saturated rings. The van der Waals surface area contributed by atoms with Crippen LogP contribution >= 0.6 is 0 Å². The minimum atomic E-state index is -0.549. The maximum absolute atomic E-state index is 6.20. The predicted molar refractivity (Wildman–Crippen MR) is 77.2 cm³/mol. The van der Waals surface area contributed by atoms with Crippen LogP contribution in [0.4, 0.5) is 0 Å². The second-order valence-corrected chi connectivity index (χ2v) is 6.00. The van der Waals surface area contributed by atoms with E-state index < -0.39 is 5.54 Å². The second kappa shape index (κ2) is 4.70. The maximum atomic E-state index is 6.20. The number of nitrogens with two attached hydrogens (primary N) is 1. The highest BCUT2D eigenvalue weighted by molar-refractivity contribution is 5.35. The van der Waals surface area contributed by atoms with Crippen molar-refractivity contribution in [3.05, 3.63) is 47.6 Å². The number of nitrogens with zero attached hydrogens (tertiary/aromatic N) is 2. The first-order valence-electron chi connectivity index (χ1n) is 7.27. The van der Waals surface area contributed by atoms with Crippen LogP contribution in [-0.2, 0) is 11.0 Å². The van der Waals surface area contributed by atoms with Crippen molar-refractivity contribution >= 4 is 0 Å². The summed E-state index contributed by atoms with van der Waals surface area (Å²) in [6.45, 7) is 3.96. The van der Waals surface area contributed by atoms with Gasteiger partial charge < -0.3 is 10.3 Å². The Morgan fingerprint density at radius 1 is 1.30 bits per heavy atom. The van der Waals surface area contributed by atoms with Gasteiger partial charge in [0.25, 0.3) is 0 Å². The Hall–Kier alpha value is -1.68. The number of rotatable bonds is 4. The van der Waals surface area contributed by atoms with Crippen LogP contribution < -0.4 is 5.73 Å². The Morgan fingerprint density at radius 3 is 2.55 bits per heavy atom. The van der Waals surface area contributed by atoms with Crippen molar-refractivity contribution in [1.29, 1.82) is 0 Å². The van der Waals surface area contributed by atoms with Crippen molar-refractivity contribution in [3.8, 4) is 0 Å². The Kier molecular flexibility index (Phi) is 3.13. The standard InChI is InChI=1S/C16H21N3O/c1-3-15(2,17)14-18-13(19-20-14)16(10-7-11-16)12-8-5-4-6-9-12/h4-6,8-9H,3,7,10-11,17H2,1-2H3. The number of aromatic nitrogens is 2. The average Bonchev–Trinajstić information content (AvgIpc) is 2.89. The highest BCUT2D eigenvalue weighted by atomic mass is 16.5. The average molecular weight is 271 g/mol. The van der Waals surface area contributed by atoms with Gasteiger partial charge in [0.15, 0.2) is 5.82 Å². The van der Waals surface area contributed by atoms with Crippen LogP contribution in [0.1, 0.15) is 56.8 Å². The van der Waals surface area contributed by atoms with Crippen LogP contribution in [0.2, 0.25) is 0 Å². The van der Waals surface area contributed by atoms with E-state index in [1.165, 1.54) is 12.0 Å². The van der Waals surface area contributed by atoms with Gasteiger partial charge in [-0.05, 0) is 31.7 Å². The molecule has 4 heteroatoms. The lowest BCUT2D eigenvalue weighted by Crippen LogP contribution is -2.37. The van der Waals surface area contributed by atoms with Crippen LogP contribution in [0, 0.1) is 0 Å². The van der Waals surface area contributed by atoms with E-state index in [2.05, 4.69) is 34.4 Å². The third-order valence-electron chi connectivity index (χ3n) is 4.61. The lowest BCUT2D eigenvalue weighted by atomic mass is 9.64. The lowest BCUT2D eigenvalue weighted by Gasteiger charge is -2.39. The van der Waals surface area contributed by atoms with Gasteiger partial charge in [0.2, 0.25) is 5.89 Å². The van der Waals surface area contributed by atoms with Gasteiger partial charge in [-0.15, -0.1) is 0 Å². The fraction of sp³-hybridized carbons (Fsp3) is 0.500. The van der Waals surface area contributed by atoms with E-state index in [0.29, 0.717) is 5.89 Å². The molecule has 106 valence electrons. The van der Waals surface area contributed by atoms with E-state index >= 15 is 0 Å². The second-order valence-electron chi connectivity index (χ2n) is 6.00. The Balaban J connectivity index is 1.99. The van der Waals surface area contributed by atoms with E-state index in [0.717, 1.165) is 25.1 Å². The van der Waals surface area contributed by atoms with E-state index in [4.69, 9.17) is 10.3 Å². The van der Waals surface area contributed by atoms with Crippen molar-refractivity contribution in [1.82, 2.24) is 10.1 Å². The summed E-state index contributed by atoms with van der Waals surface area (Å²) < 4.78 is 5.44. The fourth-order valence-corrected chi connectivity index (χ4v) is 2.73. The van der Waals surface area contributed by atoms with Gasteiger partial charge in [-0.1, -0.05) is 48.8 Å². The van der Waals surface area contributed by atoms with Gasteiger partial charge in [-0.3, -0.25) is 0 Å². The largest absolute Gasteiger partial charge is 0.337 e. The molecular weight excluding hydrogens is 250 g/mol. The van der Waals surface area contributed by atoms with Gasteiger partial charge in [-0.25, -0.2) is 0 Å². The normalized spacial score (nSPS) is 20.1. The fourth-order valence-electron chi connectivity index (χ4n) is 2.73. The first-order chi connectivity index (χ1) is 9.58. The molecule has 0 bridgehead atoms. The topological polar surface area (TPSA) is 64.9 Å². The van der Waals surface area contributed by atoms with Gasteiger partial charge in [0, 0.05) is 0 Å². The molecule has 0 saturated heterocycles. The number of hydrogen-bond donors (Lipinski definition) is 1. The summed E-state index contributed by atoms with van der Waals surface area (Å²) in [5, 5.41) is 4.23. The summed E-state index contributed by atoms with van der Waals surface area (Å²) >= 11 is 0. The summed E-state index contributed by atoms with van der Waals surface area (Å²) in [4.78, 5) is 4.62. The smallest absolute Gasteiger partial charge is 0.246 e. The number of benzene rings is 1. The Morgan fingerprint density at radius 2 is 2.00 bits per heavy atom. The quantitative estimate of drug-likeness (QED) is 0.927. The minimum Gasteiger partial charge on any atom is -0.337 e. The maximum Gasteiger partial charge on any atom is 0.246 e. The summed E-state index contributed by atoms with van der Waals surface area (Å²) in [5.41, 5.74) is 6.84. The molecule has 1 unspecified atom stereocenters. The van der Waals surface area contributed by atoms with Crippen LogP contribution in [0.5, 0.6) is 0 Å². The van der Waals surface area contributed by atoms with Crippen molar-refractivity contribution < 1.29 is 4.52 Å². The molecule has 20 heavy (non-hydrogen) atoms. The zero-order valence-corrected chi connectivity index (χ0v) is 12.1. The van der Waals surface area contributed by atoms with Gasteiger partial charge in [0.05, 0.1) is 11.0 Å². The molecule has 1 aromatic heterocycles. The van der Waals surface area contributed by atoms with Gasteiger partial charge in [0.1, 0.15) is 0 Å². The molecule has 1 aliphatic carbocycles. The zero-order valence-electron chi connectivity index (χ0n) is 12.1. The molecule has 1 saturated carbocycles. The molecule has 1 aliphatic rings. The third kappa shape index (κ3) is 1.95. The Bertz CT molecular complexity index is 585. The third-order valence-corrected chi connectivity index (χ3v) is 4.61. The zero-order chi connectivity index (χ0) is 14.2. The molecule has 0 amide bonds. The summed E-state index contributed by atoms with van der Waals surface area (Å²) in [7, 11) is 0. The molecule has 1 aromatic carbocycles. The minimum absolute atomic E-state index is 0.0766. The van der Waals surface area contributed by atoms with Crippen LogP contribution in [0.3, 0.4) is 0 Å². The van der Waals surface area contributed by atoms with E-state index in [9.17, 15) is 0 Å². The predicted octanol–water partition coefficient (Wildman–Crippen LogP) is 3.12. The summed E-state index contributed by atoms with van der Waals surface area (Å²) in [6.07, 6.45) is 4.12. The first-order valence-corrected chi connectivity index (χ1v) is 7.27. The molecule has 4 nitrogen and oxygen atoms in total. The molecule has 0 aliphatic heterocycles. The molecule has 1 heterocycles. The van der Waals surface area contributed by atoms with Crippen molar-refractivity contribution in [2.45, 2.75) is 50.5 Å².